The number of aromatic nitrogens is 3. The number of benzene rings is 2. The summed E-state index contributed by atoms with van der Waals surface area (Å²) in [5, 5.41) is 17.2. The van der Waals surface area contributed by atoms with Crippen LogP contribution in [0.3, 0.4) is 0 Å². The minimum atomic E-state index is -0.481. The van der Waals surface area contributed by atoms with Gasteiger partial charge >= 0.3 is 0 Å². The summed E-state index contributed by atoms with van der Waals surface area (Å²) in [5.41, 5.74) is 7.94. The van der Waals surface area contributed by atoms with Gasteiger partial charge in [0.25, 0.3) is 0 Å². The van der Waals surface area contributed by atoms with Crippen LogP contribution in [0.4, 0.5) is 27.5 Å². The van der Waals surface area contributed by atoms with Gasteiger partial charge in [0.15, 0.2) is 11.6 Å². The van der Waals surface area contributed by atoms with Gasteiger partial charge in [0.05, 0.1) is 42.7 Å². The Labute approximate surface area is 213 Å². The van der Waals surface area contributed by atoms with Gasteiger partial charge < -0.3 is 20.1 Å². The number of aryl methyl sites for hydroxylation is 1. The molecule has 10 heteroatoms. The average molecular weight is 500 g/mol. The fourth-order valence-electron chi connectivity index (χ4n) is 3.94. The molecule has 1 saturated heterocycles. The van der Waals surface area contributed by atoms with Gasteiger partial charge in [-0.25, -0.2) is 19.8 Å². The molecule has 1 fully saturated rings. The molecule has 0 amide bonds. The molecule has 1 aliphatic rings. The standard InChI is InChI=1S/C27H26FN7O2/c1-18-25(32-21-7-5-19(6-8-21)20-3-2-4-23(36)15-20)10-9-22(31-18)16-30-34-27-29-17-24(28)26(33-27)35-11-13-37-14-12-35/h2-10,15-17,32,36H,11-14H2,1H3,(H,29,33,34)/b30-16+. The number of halogens is 1. The number of anilines is 4. The fourth-order valence-corrected chi connectivity index (χ4v) is 3.94. The fraction of sp³-hybridized carbons (Fsp3) is 0.185. The van der Waals surface area contributed by atoms with Gasteiger partial charge in [-0.3, -0.25) is 0 Å². The van der Waals surface area contributed by atoms with E-state index >= 15 is 0 Å². The van der Waals surface area contributed by atoms with Gasteiger partial charge in [-0.1, -0.05) is 24.3 Å². The van der Waals surface area contributed by atoms with E-state index in [1.165, 1.54) is 0 Å². The number of pyridine rings is 1. The first-order valence-corrected chi connectivity index (χ1v) is 11.8. The number of nitrogens with zero attached hydrogens (tertiary/aromatic N) is 5. The van der Waals surface area contributed by atoms with Crippen molar-refractivity contribution in [2.45, 2.75) is 6.92 Å². The topological polar surface area (TPSA) is 108 Å². The third-order valence-electron chi connectivity index (χ3n) is 5.85. The summed E-state index contributed by atoms with van der Waals surface area (Å²) in [5.74, 6) is 0.188. The van der Waals surface area contributed by atoms with Crippen molar-refractivity contribution in [2.24, 2.45) is 5.10 Å². The summed E-state index contributed by atoms with van der Waals surface area (Å²) in [6.45, 7) is 4.12. The van der Waals surface area contributed by atoms with Crippen molar-refractivity contribution in [1.82, 2.24) is 15.0 Å². The summed E-state index contributed by atoms with van der Waals surface area (Å²) in [6.07, 6.45) is 2.69. The number of aromatic hydroxyl groups is 1. The second-order valence-electron chi connectivity index (χ2n) is 8.46. The van der Waals surface area contributed by atoms with Crippen molar-refractivity contribution >= 4 is 29.4 Å². The van der Waals surface area contributed by atoms with E-state index < -0.39 is 5.82 Å². The minimum Gasteiger partial charge on any atom is -0.508 e. The van der Waals surface area contributed by atoms with Crippen LogP contribution in [0.15, 0.2) is 72.0 Å². The third kappa shape index (κ3) is 5.99. The first kappa shape index (κ1) is 24.1. The smallest absolute Gasteiger partial charge is 0.245 e. The molecule has 5 rings (SSSR count). The maximum atomic E-state index is 14.2. The van der Waals surface area contributed by atoms with Crippen molar-refractivity contribution < 1.29 is 14.2 Å². The molecule has 0 atom stereocenters. The maximum Gasteiger partial charge on any atom is 0.245 e. The highest BCUT2D eigenvalue weighted by atomic mass is 19.1. The zero-order valence-corrected chi connectivity index (χ0v) is 20.2. The van der Waals surface area contributed by atoms with E-state index in [0.717, 1.165) is 34.4 Å². The molecule has 0 saturated carbocycles. The van der Waals surface area contributed by atoms with Gasteiger partial charge in [-0.05, 0) is 54.4 Å². The number of hydrogen-bond donors (Lipinski definition) is 3. The van der Waals surface area contributed by atoms with Crippen molar-refractivity contribution in [3.63, 3.8) is 0 Å². The van der Waals surface area contributed by atoms with Crippen molar-refractivity contribution in [1.29, 1.82) is 0 Å². The number of morpholine rings is 1. The van der Waals surface area contributed by atoms with E-state index in [2.05, 4.69) is 30.8 Å². The molecule has 0 unspecified atom stereocenters. The molecular weight excluding hydrogens is 473 g/mol. The first-order valence-electron chi connectivity index (χ1n) is 11.8. The van der Waals surface area contributed by atoms with Crippen LogP contribution in [0.5, 0.6) is 5.75 Å². The van der Waals surface area contributed by atoms with Crippen LogP contribution < -0.4 is 15.6 Å². The first-order chi connectivity index (χ1) is 18.0. The predicted octanol–water partition coefficient (Wildman–Crippen LogP) is 4.72. The molecule has 188 valence electrons. The monoisotopic (exact) mass is 499 g/mol. The molecule has 2 aromatic heterocycles. The van der Waals surface area contributed by atoms with Crippen LogP contribution in [0, 0.1) is 12.7 Å². The molecule has 0 radical (unpaired) electrons. The molecule has 3 N–H and O–H groups in total. The van der Waals surface area contributed by atoms with Crippen molar-refractivity contribution in [3.8, 4) is 16.9 Å². The van der Waals surface area contributed by atoms with Gasteiger partial charge in [-0.2, -0.15) is 10.1 Å². The second kappa shape index (κ2) is 11.0. The Balaban J connectivity index is 1.21. The van der Waals surface area contributed by atoms with Crippen LogP contribution >= 0.6 is 0 Å². The predicted molar refractivity (Wildman–Crippen MR) is 142 cm³/mol. The molecule has 3 heterocycles. The van der Waals surface area contributed by atoms with Crippen LogP contribution in [0.1, 0.15) is 11.4 Å². The van der Waals surface area contributed by atoms with E-state index in [9.17, 15) is 9.50 Å². The number of phenols is 1. The SMILES string of the molecule is Cc1nc(/C=N/Nc2ncc(F)c(N3CCOCC3)n2)ccc1Nc1ccc(-c2cccc(O)c2)cc1. The van der Waals surface area contributed by atoms with Crippen LogP contribution in [0.25, 0.3) is 11.1 Å². The number of ether oxygens (including phenoxy) is 1. The van der Waals surface area contributed by atoms with Crippen LogP contribution in [-0.4, -0.2) is 52.6 Å². The largest absolute Gasteiger partial charge is 0.508 e. The number of rotatable bonds is 7. The highest BCUT2D eigenvalue weighted by Crippen LogP contribution is 2.26. The molecule has 0 spiro atoms. The number of hydrogen-bond acceptors (Lipinski definition) is 9. The summed E-state index contributed by atoms with van der Waals surface area (Å²) in [6, 6.07) is 18.9. The van der Waals surface area contributed by atoms with Gasteiger partial charge in [0.2, 0.25) is 5.95 Å². The lowest BCUT2D eigenvalue weighted by molar-refractivity contribution is 0.122. The lowest BCUT2D eigenvalue weighted by atomic mass is 10.1. The van der Waals surface area contributed by atoms with Gasteiger partial charge in [0, 0.05) is 18.8 Å². The molecule has 0 bridgehead atoms. The van der Waals surface area contributed by atoms with E-state index in [-0.39, 0.29) is 17.5 Å². The number of phenolic OH excluding ortho intramolecular Hbond substituents is 1. The molecule has 37 heavy (non-hydrogen) atoms. The van der Waals surface area contributed by atoms with E-state index in [1.807, 2.05) is 60.4 Å². The Kier molecular flexibility index (Phi) is 7.18. The summed E-state index contributed by atoms with van der Waals surface area (Å²) in [4.78, 5) is 14.6. The third-order valence-corrected chi connectivity index (χ3v) is 5.85. The minimum absolute atomic E-state index is 0.198. The van der Waals surface area contributed by atoms with Crippen molar-refractivity contribution in [2.75, 3.05) is 41.9 Å². The molecule has 2 aromatic carbocycles. The average Bonchev–Trinajstić information content (AvgIpc) is 2.92. The molecule has 1 aliphatic heterocycles. The highest BCUT2D eigenvalue weighted by Gasteiger charge is 2.17. The molecule has 4 aromatic rings. The summed E-state index contributed by atoms with van der Waals surface area (Å²) in [7, 11) is 0. The van der Waals surface area contributed by atoms with Gasteiger partial charge in [-0.15, -0.1) is 0 Å². The zero-order chi connectivity index (χ0) is 25.6. The Morgan fingerprint density at radius 1 is 1.03 bits per heavy atom. The van der Waals surface area contributed by atoms with Gasteiger partial charge in [0.1, 0.15) is 5.75 Å². The van der Waals surface area contributed by atoms with E-state index in [0.29, 0.717) is 32.0 Å². The Morgan fingerprint density at radius 3 is 2.59 bits per heavy atom. The zero-order valence-electron chi connectivity index (χ0n) is 20.2. The lowest BCUT2D eigenvalue weighted by Crippen LogP contribution is -2.37. The van der Waals surface area contributed by atoms with Crippen molar-refractivity contribution in [3.05, 3.63) is 84.1 Å². The normalized spacial score (nSPS) is 13.6. The molecule has 9 nitrogen and oxygen atoms in total. The number of hydrazone groups is 1. The molecule has 0 aliphatic carbocycles. The van der Waals surface area contributed by atoms with E-state index in [1.54, 1.807) is 18.3 Å². The number of nitrogens with one attached hydrogen (secondary N) is 2. The van der Waals surface area contributed by atoms with E-state index in [4.69, 9.17) is 4.74 Å². The summed E-state index contributed by atoms with van der Waals surface area (Å²) < 4.78 is 19.5. The lowest BCUT2D eigenvalue weighted by Gasteiger charge is -2.27. The maximum absolute atomic E-state index is 14.2. The summed E-state index contributed by atoms with van der Waals surface area (Å²) >= 11 is 0. The Bertz CT molecular complexity index is 1410. The second-order valence-corrected chi connectivity index (χ2v) is 8.46. The van der Waals surface area contributed by atoms with Crippen LogP contribution in [0.2, 0.25) is 0 Å². The van der Waals surface area contributed by atoms with Crippen LogP contribution in [-0.2, 0) is 4.74 Å². The Hall–Kier alpha value is -4.57. The highest BCUT2D eigenvalue weighted by molar-refractivity contribution is 5.79. The quantitative estimate of drug-likeness (QED) is 0.248. The molecular formula is C27H26FN7O2. The Morgan fingerprint density at radius 2 is 1.84 bits per heavy atom.